The van der Waals surface area contributed by atoms with Crippen molar-refractivity contribution in [2.24, 2.45) is 4.99 Å². The SMILES string of the molecule is FC(F)(F)c1ccc(P(c2ccc(C(F)(F)F)cc2)c2ccccc2-c2ccccc2C2=N[C@H](c3ccccc3)CO2)cc1. The molecule has 0 aliphatic carbocycles. The number of aliphatic imine (C=N–C) groups is 1. The topological polar surface area (TPSA) is 21.6 Å². The molecule has 0 N–H and O–H groups in total. The van der Waals surface area contributed by atoms with E-state index in [2.05, 4.69) is 0 Å². The Balaban J connectivity index is 1.48. The smallest absolute Gasteiger partial charge is 0.416 e. The highest BCUT2D eigenvalue weighted by Gasteiger charge is 2.33. The van der Waals surface area contributed by atoms with Gasteiger partial charge in [-0.25, -0.2) is 4.99 Å². The molecule has 0 saturated heterocycles. The molecular formula is C35H24F6NOP. The molecule has 0 unspecified atom stereocenters. The Labute approximate surface area is 251 Å². The first-order chi connectivity index (χ1) is 21.1. The summed E-state index contributed by atoms with van der Waals surface area (Å²) in [5, 5.41) is 1.90. The lowest BCUT2D eigenvalue weighted by Crippen LogP contribution is -2.23. The Kier molecular flexibility index (Phi) is 8.04. The van der Waals surface area contributed by atoms with Crippen molar-refractivity contribution < 1.29 is 31.1 Å². The fourth-order valence-electron chi connectivity index (χ4n) is 5.19. The summed E-state index contributed by atoms with van der Waals surface area (Å²) < 4.78 is 86.5. The van der Waals surface area contributed by atoms with Gasteiger partial charge in [-0.2, -0.15) is 26.3 Å². The van der Waals surface area contributed by atoms with Crippen LogP contribution in [0, 0.1) is 0 Å². The van der Waals surface area contributed by atoms with Crippen molar-refractivity contribution in [2.45, 2.75) is 18.4 Å². The van der Waals surface area contributed by atoms with Crippen molar-refractivity contribution in [1.29, 1.82) is 0 Å². The molecule has 5 aromatic rings. The Morgan fingerprint density at radius 1 is 0.545 bits per heavy atom. The molecular weight excluding hydrogens is 595 g/mol. The van der Waals surface area contributed by atoms with Crippen molar-refractivity contribution in [3.05, 3.63) is 150 Å². The monoisotopic (exact) mass is 619 g/mol. The molecule has 0 saturated carbocycles. The van der Waals surface area contributed by atoms with Crippen molar-refractivity contribution >= 4 is 29.7 Å². The van der Waals surface area contributed by atoms with E-state index in [0.717, 1.165) is 51.8 Å². The van der Waals surface area contributed by atoms with Crippen LogP contribution in [0.15, 0.2) is 132 Å². The van der Waals surface area contributed by atoms with Crippen LogP contribution in [0.4, 0.5) is 26.3 Å². The summed E-state index contributed by atoms with van der Waals surface area (Å²) in [6.07, 6.45) is -9.04. The second-order valence-electron chi connectivity index (χ2n) is 10.2. The maximum Gasteiger partial charge on any atom is 0.416 e. The molecule has 5 aromatic carbocycles. The van der Waals surface area contributed by atoms with Crippen LogP contribution in [0.2, 0.25) is 0 Å². The minimum atomic E-state index is -4.52. The molecule has 0 fully saturated rings. The van der Waals surface area contributed by atoms with Gasteiger partial charge in [-0.15, -0.1) is 0 Å². The molecule has 1 aliphatic rings. The lowest BCUT2D eigenvalue weighted by Gasteiger charge is -2.24. The average molecular weight is 620 g/mol. The van der Waals surface area contributed by atoms with Gasteiger partial charge in [0.1, 0.15) is 12.6 Å². The molecule has 222 valence electrons. The van der Waals surface area contributed by atoms with Crippen molar-refractivity contribution in [3.63, 3.8) is 0 Å². The molecule has 6 rings (SSSR count). The number of hydrogen-bond acceptors (Lipinski definition) is 2. The lowest BCUT2D eigenvalue weighted by molar-refractivity contribution is -0.138. The standard InChI is InChI=1S/C35H24F6NOP/c36-34(37,38)24-14-18-26(19-15-24)44(27-20-16-25(17-21-27)35(39,40)41)32-13-7-6-11-29(32)28-10-4-5-12-30(28)33-42-31(22-43-33)23-8-2-1-3-9-23/h1-21,31H,22H2/t31-/m0/s1. The first-order valence-electron chi connectivity index (χ1n) is 13.7. The predicted molar refractivity (Wildman–Crippen MR) is 162 cm³/mol. The summed E-state index contributed by atoms with van der Waals surface area (Å²) in [5.41, 5.74) is 1.74. The quantitative estimate of drug-likeness (QED) is 0.138. The number of halogens is 6. The third-order valence-corrected chi connectivity index (χ3v) is 9.83. The fraction of sp³-hybridized carbons (Fsp3) is 0.114. The number of nitrogens with zero attached hydrogens (tertiary/aromatic N) is 1. The second-order valence-corrected chi connectivity index (χ2v) is 12.3. The number of alkyl halides is 6. The number of rotatable bonds is 6. The van der Waals surface area contributed by atoms with Crippen LogP contribution in [0.5, 0.6) is 0 Å². The van der Waals surface area contributed by atoms with E-state index in [4.69, 9.17) is 9.73 Å². The Morgan fingerprint density at radius 2 is 1.02 bits per heavy atom. The highest BCUT2D eigenvalue weighted by Crippen LogP contribution is 2.40. The van der Waals surface area contributed by atoms with Crippen LogP contribution >= 0.6 is 7.92 Å². The van der Waals surface area contributed by atoms with Gasteiger partial charge in [-0.1, -0.05) is 97.1 Å². The highest BCUT2D eigenvalue weighted by atomic mass is 31.1. The van der Waals surface area contributed by atoms with Crippen LogP contribution in [0.25, 0.3) is 11.1 Å². The molecule has 1 heterocycles. The van der Waals surface area contributed by atoms with E-state index in [-0.39, 0.29) is 6.04 Å². The zero-order valence-corrected chi connectivity index (χ0v) is 23.9. The Hall–Kier alpha value is -4.42. The largest absolute Gasteiger partial charge is 0.475 e. The van der Waals surface area contributed by atoms with E-state index in [1.165, 1.54) is 24.3 Å². The van der Waals surface area contributed by atoms with Gasteiger partial charge in [-0.3, -0.25) is 0 Å². The first kappa shape index (κ1) is 29.6. The fourth-order valence-corrected chi connectivity index (χ4v) is 7.61. The summed E-state index contributed by atoms with van der Waals surface area (Å²) in [4.78, 5) is 4.86. The summed E-state index contributed by atoms with van der Waals surface area (Å²) in [5.74, 6) is 0.470. The van der Waals surface area contributed by atoms with Crippen molar-refractivity contribution in [2.75, 3.05) is 6.61 Å². The molecule has 0 radical (unpaired) electrons. The van der Waals surface area contributed by atoms with E-state index in [1.54, 1.807) is 0 Å². The van der Waals surface area contributed by atoms with E-state index >= 15 is 0 Å². The third-order valence-electron chi connectivity index (χ3n) is 7.33. The summed E-state index contributed by atoms with van der Waals surface area (Å²) in [7, 11) is -1.57. The number of ether oxygens (including phenoxy) is 1. The van der Waals surface area contributed by atoms with E-state index in [0.29, 0.717) is 23.1 Å². The predicted octanol–water partition coefficient (Wildman–Crippen LogP) is 8.67. The minimum absolute atomic E-state index is 0.175. The summed E-state index contributed by atoms with van der Waals surface area (Å²) in [6.45, 7) is 0.374. The van der Waals surface area contributed by atoms with Gasteiger partial charge in [0.15, 0.2) is 0 Å². The molecule has 0 spiro atoms. The summed E-state index contributed by atoms with van der Waals surface area (Å²) in [6, 6.07) is 34.3. The van der Waals surface area contributed by atoms with E-state index < -0.39 is 31.4 Å². The van der Waals surface area contributed by atoms with Crippen LogP contribution in [-0.4, -0.2) is 12.5 Å². The molecule has 1 aliphatic heterocycles. The van der Waals surface area contributed by atoms with Gasteiger partial charge in [0.05, 0.1) is 11.1 Å². The second kappa shape index (κ2) is 11.9. The molecule has 44 heavy (non-hydrogen) atoms. The normalized spacial score (nSPS) is 15.2. The maximum atomic E-state index is 13.4. The molecule has 0 aromatic heterocycles. The van der Waals surface area contributed by atoms with Crippen LogP contribution in [0.3, 0.4) is 0 Å². The van der Waals surface area contributed by atoms with Crippen LogP contribution in [0.1, 0.15) is 28.3 Å². The molecule has 2 nitrogen and oxygen atoms in total. The van der Waals surface area contributed by atoms with E-state index in [1.807, 2.05) is 78.9 Å². The van der Waals surface area contributed by atoms with Gasteiger partial charge >= 0.3 is 12.4 Å². The lowest BCUT2D eigenvalue weighted by atomic mass is 9.99. The molecule has 0 amide bonds. The van der Waals surface area contributed by atoms with Crippen molar-refractivity contribution in [1.82, 2.24) is 0 Å². The number of benzene rings is 5. The van der Waals surface area contributed by atoms with Gasteiger partial charge in [0, 0.05) is 5.56 Å². The molecule has 9 heteroatoms. The maximum absolute atomic E-state index is 13.4. The van der Waals surface area contributed by atoms with Gasteiger partial charge in [-0.05, 0) is 70.9 Å². The Bertz CT molecular complexity index is 1720. The molecule has 1 atom stereocenters. The zero-order chi connectivity index (χ0) is 30.9. The average Bonchev–Trinajstić information content (AvgIpc) is 3.52. The zero-order valence-electron chi connectivity index (χ0n) is 23.0. The Morgan fingerprint density at radius 3 is 1.57 bits per heavy atom. The van der Waals surface area contributed by atoms with Crippen molar-refractivity contribution in [3.8, 4) is 11.1 Å². The van der Waals surface area contributed by atoms with Gasteiger partial charge < -0.3 is 4.74 Å². The van der Waals surface area contributed by atoms with E-state index in [9.17, 15) is 26.3 Å². The highest BCUT2D eigenvalue weighted by molar-refractivity contribution is 7.80. The van der Waals surface area contributed by atoms with Gasteiger partial charge in [0.25, 0.3) is 0 Å². The first-order valence-corrected chi connectivity index (χ1v) is 15.0. The van der Waals surface area contributed by atoms with Gasteiger partial charge in [0.2, 0.25) is 5.90 Å². The van der Waals surface area contributed by atoms with Crippen LogP contribution in [-0.2, 0) is 17.1 Å². The third kappa shape index (κ3) is 6.13. The summed E-state index contributed by atoms with van der Waals surface area (Å²) >= 11 is 0. The molecule has 0 bridgehead atoms. The minimum Gasteiger partial charge on any atom is -0.475 e. The number of hydrogen-bond donors (Lipinski definition) is 0. The van der Waals surface area contributed by atoms with Crippen LogP contribution < -0.4 is 15.9 Å².